The molecule has 0 atom stereocenters. The van der Waals surface area contributed by atoms with E-state index >= 15 is 0 Å². The van der Waals surface area contributed by atoms with Gasteiger partial charge in [0.15, 0.2) is 6.61 Å². The molecule has 0 radical (unpaired) electrons. The molecular weight excluding hydrogens is 152 g/mol. The van der Waals surface area contributed by atoms with Gasteiger partial charge in [-0.25, -0.2) is 0 Å². The van der Waals surface area contributed by atoms with E-state index in [1.807, 2.05) is 18.2 Å². The molecular formula is C7H7ClO2. The van der Waals surface area contributed by atoms with Crippen LogP contribution in [0.1, 0.15) is 6.42 Å². The van der Waals surface area contributed by atoms with Gasteiger partial charge < -0.3 is 4.74 Å². The Labute approximate surface area is 64.1 Å². The van der Waals surface area contributed by atoms with Crippen LogP contribution in [0.5, 0.6) is 0 Å². The Bertz CT molecular complexity index is 194. The average molecular weight is 159 g/mol. The molecule has 0 bridgehead atoms. The average Bonchev–Trinajstić information content (AvgIpc) is 2.34. The van der Waals surface area contributed by atoms with Crippen LogP contribution < -0.4 is 0 Å². The number of rotatable bonds is 3. The van der Waals surface area contributed by atoms with E-state index in [1.165, 1.54) is 0 Å². The van der Waals surface area contributed by atoms with Gasteiger partial charge in [-0.2, -0.15) is 0 Å². The summed E-state index contributed by atoms with van der Waals surface area (Å²) >= 11 is 5.04. The molecule has 0 fully saturated rings. The lowest BCUT2D eigenvalue weighted by atomic mass is 10.5. The van der Waals surface area contributed by atoms with Crippen LogP contribution in [0.2, 0.25) is 0 Å². The molecule has 0 amide bonds. The molecule has 3 heteroatoms. The highest BCUT2D eigenvalue weighted by Crippen LogP contribution is 2.09. The van der Waals surface area contributed by atoms with Crippen LogP contribution in [-0.4, -0.2) is 11.8 Å². The zero-order valence-electron chi connectivity index (χ0n) is 5.34. The van der Waals surface area contributed by atoms with Crippen LogP contribution in [0, 0.1) is 0 Å². The van der Waals surface area contributed by atoms with Crippen LogP contribution in [0.4, 0.5) is 0 Å². The molecule has 0 unspecified atom stereocenters. The first kappa shape index (κ1) is 7.35. The minimum atomic E-state index is -0.471. The molecule has 0 aromatic rings. The summed E-state index contributed by atoms with van der Waals surface area (Å²) in [6, 6.07) is 0. The second-order valence-electron chi connectivity index (χ2n) is 1.89. The predicted molar refractivity (Wildman–Crippen MR) is 38.7 cm³/mol. The third-order valence-corrected chi connectivity index (χ3v) is 1.20. The van der Waals surface area contributed by atoms with Gasteiger partial charge in [0.05, 0.1) is 0 Å². The van der Waals surface area contributed by atoms with Crippen molar-refractivity contribution in [1.29, 1.82) is 0 Å². The maximum Gasteiger partial charge on any atom is 0.259 e. The van der Waals surface area contributed by atoms with Gasteiger partial charge in [0, 0.05) is 0 Å². The monoisotopic (exact) mass is 158 g/mol. The van der Waals surface area contributed by atoms with E-state index in [1.54, 1.807) is 0 Å². The van der Waals surface area contributed by atoms with E-state index in [4.69, 9.17) is 16.3 Å². The summed E-state index contributed by atoms with van der Waals surface area (Å²) in [4.78, 5) is 10.2. The molecule has 1 aliphatic carbocycles. The first-order valence-electron chi connectivity index (χ1n) is 2.97. The van der Waals surface area contributed by atoms with Crippen molar-refractivity contribution in [2.45, 2.75) is 6.42 Å². The molecule has 0 aromatic carbocycles. The van der Waals surface area contributed by atoms with Gasteiger partial charge in [0.1, 0.15) is 5.76 Å². The summed E-state index contributed by atoms with van der Waals surface area (Å²) in [6.45, 7) is -0.0439. The fraction of sp³-hybridized carbons (Fsp3) is 0.286. The Hall–Kier alpha value is -0.760. The van der Waals surface area contributed by atoms with E-state index in [0.717, 1.165) is 12.2 Å². The smallest absolute Gasteiger partial charge is 0.259 e. The number of halogens is 1. The Kier molecular flexibility index (Phi) is 2.51. The van der Waals surface area contributed by atoms with Crippen molar-refractivity contribution >= 4 is 16.8 Å². The molecule has 1 aliphatic rings. The Balaban J connectivity index is 2.26. The molecule has 1 rings (SSSR count). The van der Waals surface area contributed by atoms with Gasteiger partial charge >= 0.3 is 0 Å². The molecule has 0 saturated heterocycles. The number of hydrogen-bond acceptors (Lipinski definition) is 2. The van der Waals surface area contributed by atoms with Crippen molar-refractivity contribution in [2.75, 3.05) is 6.61 Å². The van der Waals surface area contributed by atoms with Gasteiger partial charge in [0.25, 0.3) is 5.24 Å². The molecule has 0 N–H and O–H groups in total. The number of carbonyl (C=O) groups excluding carboxylic acids is 1. The summed E-state index contributed by atoms with van der Waals surface area (Å²) in [5.74, 6) is 0.731. The third-order valence-electron chi connectivity index (χ3n) is 1.09. The number of hydrogen-bond donors (Lipinski definition) is 0. The van der Waals surface area contributed by atoms with Gasteiger partial charge in [-0.05, 0) is 30.2 Å². The Morgan fingerprint density at radius 1 is 1.80 bits per heavy atom. The highest BCUT2D eigenvalue weighted by molar-refractivity contribution is 6.63. The maximum absolute atomic E-state index is 10.2. The predicted octanol–water partition coefficient (Wildman–Crippen LogP) is 1.61. The number of ether oxygens (including phenoxy) is 1. The van der Waals surface area contributed by atoms with Crippen LogP contribution in [-0.2, 0) is 9.53 Å². The van der Waals surface area contributed by atoms with Crippen molar-refractivity contribution in [2.24, 2.45) is 0 Å². The van der Waals surface area contributed by atoms with E-state index in [9.17, 15) is 4.79 Å². The van der Waals surface area contributed by atoms with Crippen molar-refractivity contribution in [3.8, 4) is 0 Å². The van der Waals surface area contributed by atoms with Gasteiger partial charge in [0.2, 0.25) is 0 Å². The first-order valence-corrected chi connectivity index (χ1v) is 3.34. The molecule has 0 heterocycles. The molecule has 0 saturated carbocycles. The second kappa shape index (κ2) is 3.42. The molecule has 0 aromatic heterocycles. The fourth-order valence-corrected chi connectivity index (χ4v) is 0.738. The van der Waals surface area contributed by atoms with Gasteiger partial charge in [-0.3, -0.25) is 4.79 Å². The van der Waals surface area contributed by atoms with E-state index < -0.39 is 5.24 Å². The highest BCUT2D eigenvalue weighted by atomic mass is 35.5. The molecule has 0 spiro atoms. The van der Waals surface area contributed by atoms with E-state index in [0.29, 0.717) is 0 Å². The van der Waals surface area contributed by atoms with Crippen LogP contribution in [0.25, 0.3) is 0 Å². The molecule has 54 valence electrons. The van der Waals surface area contributed by atoms with Crippen molar-refractivity contribution in [1.82, 2.24) is 0 Å². The standard InChI is InChI=1S/C7H7ClO2/c8-7(9)5-10-6-3-1-2-4-6/h1,3-4H,2,5H2. The summed E-state index contributed by atoms with van der Waals surface area (Å²) in [7, 11) is 0. The molecule has 2 nitrogen and oxygen atoms in total. The summed E-state index contributed by atoms with van der Waals surface area (Å²) < 4.78 is 4.96. The molecule has 0 aliphatic heterocycles. The summed E-state index contributed by atoms with van der Waals surface area (Å²) in [5, 5.41) is -0.471. The minimum absolute atomic E-state index is 0.0439. The first-order chi connectivity index (χ1) is 4.79. The lowest BCUT2D eigenvalue weighted by molar-refractivity contribution is -0.114. The fourth-order valence-electron chi connectivity index (χ4n) is 0.684. The third kappa shape index (κ3) is 2.23. The van der Waals surface area contributed by atoms with Crippen LogP contribution in [0.3, 0.4) is 0 Å². The Morgan fingerprint density at radius 2 is 2.60 bits per heavy atom. The quantitative estimate of drug-likeness (QED) is 0.584. The number of allylic oxidation sites excluding steroid dienone is 3. The summed E-state index contributed by atoms with van der Waals surface area (Å²) in [6.07, 6.45) is 6.54. The minimum Gasteiger partial charge on any atom is -0.485 e. The number of carbonyl (C=O) groups is 1. The largest absolute Gasteiger partial charge is 0.485 e. The Morgan fingerprint density at radius 3 is 3.10 bits per heavy atom. The van der Waals surface area contributed by atoms with Crippen molar-refractivity contribution < 1.29 is 9.53 Å². The van der Waals surface area contributed by atoms with Crippen LogP contribution >= 0.6 is 11.6 Å². The summed E-state index contributed by atoms with van der Waals surface area (Å²) in [5.41, 5.74) is 0. The normalized spacial score (nSPS) is 15.1. The lowest BCUT2D eigenvalue weighted by Crippen LogP contribution is -1.99. The highest BCUT2D eigenvalue weighted by Gasteiger charge is 2.00. The molecule has 10 heavy (non-hydrogen) atoms. The second-order valence-corrected chi connectivity index (χ2v) is 2.31. The van der Waals surface area contributed by atoms with E-state index in [-0.39, 0.29) is 6.61 Å². The zero-order valence-corrected chi connectivity index (χ0v) is 6.10. The zero-order chi connectivity index (χ0) is 7.40. The maximum atomic E-state index is 10.2. The van der Waals surface area contributed by atoms with Crippen molar-refractivity contribution in [3.63, 3.8) is 0 Å². The topological polar surface area (TPSA) is 26.3 Å². The lowest BCUT2D eigenvalue weighted by Gasteiger charge is -1.98. The van der Waals surface area contributed by atoms with Gasteiger partial charge in [-0.15, -0.1) is 0 Å². The van der Waals surface area contributed by atoms with E-state index in [2.05, 4.69) is 0 Å². The van der Waals surface area contributed by atoms with Gasteiger partial charge in [-0.1, -0.05) is 6.08 Å². The van der Waals surface area contributed by atoms with Crippen LogP contribution in [0.15, 0.2) is 24.0 Å². The SMILES string of the molecule is O=C(Cl)COC1=CCC=C1. The van der Waals surface area contributed by atoms with Crippen molar-refractivity contribution in [3.05, 3.63) is 24.0 Å².